The van der Waals surface area contributed by atoms with Gasteiger partial charge >= 0.3 is 0 Å². The average molecular weight is 624 g/mol. The summed E-state index contributed by atoms with van der Waals surface area (Å²) in [7, 11) is 0. The number of nitrogens with zero attached hydrogens (tertiary/aromatic N) is 3. The minimum absolute atomic E-state index is 0.0104. The van der Waals surface area contributed by atoms with Gasteiger partial charge in [0, 0.05) is 51.9 Å². The smallest absolute Gasteiger partial charge is 0.0600 e. The molecule has 0 radical (unpaired) electrons. The monoisotopic (exact) mass is 623 g/mol. The van der Waals surface area contributed by atoms with Crippen molar-refractivity contribution >= 4 is 34.1 Å². The van der Waals surface area contributed by atoms with Crippen molar-refractivity contribution in [3.8, 4) is 0 Å². The summed E-state index contributed by atoms with van der Waals surface area (Å²) in [5.41, 5.74) is 12.9. The quantitative estimate of drug-likeness (QED) is 0.159. The molecule has 7 rings (SSSR count). The van der Waals surface area contributed by atoms with Crippen LogP contribution in [0.3, 0.4) is 0 Å². The molecule has 6 aromatic carbocycles. The molecule has 0 fully saturated rings. The maximum atomic E-state index is 2.50. The lowest BCUT2D eigenvalue weighted by atomic mass is 9.96. The lowest BCUT2D eigenvalue weighted by Crippen LogP contribution is -2.36. The molecule has 3 heteroatoms. The second-order valence-corrected chi connectivity index (χ2v) is 12.6. The number of aryl methyl sites for hydroxylation is 3. The first-order valence-corrected chi connectivity index (χ1v) is 16.7. The van der Waals surface area contributed by atoms with Crippen molar-refractivity contribution in [1.29, 1.82) is 0 Å². The van der Waals surface area contributed by atoms with Gasteiger partial charge < -0.3 is 14.7 Å². The first-order chi connectivity index (χ1) is 23.5. The number of hydrogen-bond acceptors (Lipinski definition) is 3. The van der Waals surface area contributed by atoms with Crippen LogP contribution in [0, 0.1) is 20.8 Å². The topological polar surface area (TPSA) is 9.72 Å². The van der Waals surface area contributed by atoms with Crippen LogP contribution in [0.1, 0.15) is 23.1 Å². The Bertz CT molecular complexity index is 2050. The SMILES string of the molecule is Cc1cccc(N(C2=CC(N(c3ccccc3)c3cccc(C)c3)CC(N(c3ccccc3)c3cccc(C)c3)=C2)c2ccccc2)c1. The molecule has 0 saturated carbocycles. The summed E-state index contributed by atoms with van der Waals surface area (Å²) in [6, 6.07) is 58.8. The molecular formula is C45H41N3. The highest BCUT2D eigenvalue weighted by Crippen LogP contribution is 2.42. The van der Waals surface area contributed by atoms with Crippen LogP contribution >= 0.6 is 0 Å². The van der Waals surface area contributed by atoms with E-state index in [1.54, 1.807) is 0 Å². The second kappa shape index (κ2) is 13.9. The molecule has 6 aromatic rings. The van der Waals surface area contributed by atoms with Crippen LogP contribution in [-0.4, -0.2) is 6.04 Å². The number of anilines is 6. The van der Waals surface area contributed by atoms with Crippen LogP contribution in [0.15, 0.2) is 187 Å². The van der Waals surface area contributed by atoms with E-state index in [0.717, 1.165) is 40.6 Å². The largest absolute Gasteiger partial charge is 0.334 e. The number of benzene rings is 6. The molecule has 1 aliphatic rings. The van der Waals surface area contributed by atoms with Gasteiger partial charge in [-0.15, -0.1) is 0 Å². The van der Waals surface area contributed by atoms with Gasteiger partial charge in [-0.05, 0) is 122 Å². The Hall–Kier alpha value is -5.80. The van der Waals surface area contributed by atoms with E-state index in [-0.39, 0.29) is 6.04 Å². The lowest BCUT2D eigenvalue weighted by molar-refractivity contribution is 0.734. The summed E-state index contributed by atoms with van der Waals surface area (Å²) in [5, 5.41) is 0. The van der Waals surface area contributed by atoms with Crippen LogP contribution in [0.5, 0.6) is 0 Å². The predicted molar refractivity (Wildman–Crippen MR) is 204 cm³/mol. The van der Waals surface area contributed by atoms with E-state index in [0.29, 0.717) is 0 Å². The molecule has 0 saturated heterocycles. The molecule has 0 bridgehead atoms. The highest BCUT2D eigenvalue weighted by molar-refractivity contribution is 5.76. The van der Waals surface area contributed by atoms with Crippen molar-refractivity contribution < 1.29 is 0 Å². The first-order valence-electron chi connectivity index (χ1n) is 16.7. The van der Waals surface area contributed by atoms with E-state index >= 15 is 0 Å². The summed E-state index contributed by atoms with van der Waals surface area (Å²) in [4.78, 5) is 7.34. The molecule has 0 aliphatic heterocycles. The Kier molecular flexibility index (Phi) is 8.93. The Balaban J connectivity index is 1.48. The van der Waals surface area contributed by atoms with Crippen LogP contribution in [-0.2, 0) is 0 Å². The van der Waals surface area contributed by atoms with E-state index in [1.807, 2.05) is 0 Å². The fourth-order valence-electron chi connectivity index (χ4n) is 6.72. The van der Waals surface area contributed by atoms with Crippen LogP contribution in [0.4, 0.5) is 34.1 Å². The van der Waals surface area contributed by atoms with Crippen molar-refractivity contribution in [3.63, 3.8) is 0 Å². The minimum Gasteiger partial charge on any atom is -0.334 e. The summed E-state index contributed by atoms with van der Waals surface area (Å²) < 4.78 is 0. The zero-order valence-corrected chi connectivity index (χ0v) is 27.9. The van der Waals surface area contributed by atoms with Gasteiger partial charge in [0.15, 0.2) is 0 Å². The fourth-order valence-corrected chi connectivity index (χ4v) is 6.72. The normalized spacial score (nSPS) is 14.1. The maximum Gasteiger partial charge on any atom is 0.0600 e. The molecule has 1 unspecified atom stereocenters. The van der Waals surface area contributed by atoms with E-state index in [9.17, 15) is 0 Å². The molecule has 48 heavy (non-hydrogen) atoms. The zero-order chi connectivity index (χ0) is 32.9. The number of para-hydroxylation sites is 3. The molecule has 1 aliphatic carbocycles. The molecule has 0 N–H and O–H groups in total. The Morgan fingerprint density at radius 2 is 0.833 bits per heavy atom. The zero-order valence-electron chi connectivity index (χ0n) is 27.9. The van der Waals surface area contributed by atoms with Crippen molar-refractivity contribution in [2.75, 3.05) is 14.7 Å². The number of hydrogen-bond donors (Lipinski definition) is 0. The van der Waals surface area contributed by atoms with Gasteiger partial charge in [-0.3, -0.25) is 0 Å². The van der Waals surface area contributed by atoms with Gasteiger partial charge in [0.1, 0.15) is 0 Å². The number of rotatable bonds is 9. The van der Waals surface area contributed by atoms with Crippen molar-refractivity contribution in [2.45, 2.75) is 33.2 Å². The van der Waals surface area contributed by atoms with E-state index in [4.69, 9.17) is 0 Å². The third kappa shape index (κ3) is 6.67. The van der Waals surface area contributed by atoms with Gasteiger partial charge in [-0.1, -0.05) is 91.0 Å². The van der Waals surface area contributed by atoms with Gasteiger partial charge in [-0.25, -0.2) is 0 Å². The standard InChI is InChI=1S/C45H41N3/c1-34-16-13-25-40(28-34)46(37-19-7-4-8-20-37)43-31-44(47(38-21-9-5-10-22-38)41-26-14-17-35(2)29-41)33-45(32-43)48(39-23-11-6-12-24-39)42-27-15-18-36(3)30-42/h4-32,44H,33H2,1-3H3. The number of allylic oxidation sites excluding steroid dienone is 1. The summed E-state index contributed by atoms with van der Waals surface area (Å²) in [6.45, 7) is 6.50. The van der Waals surface area contributed by atoms with Gasteiger partial charge in [0.05, 0.1) is 6.04 Å². The first kappa shape index (κ1) is 30.8. The summed E-state index contributed by atoms with van der Waals surface area (Å²) >= 11 is 0. The lowest BCUT2D eigenvalue weighted by Gasteiger charge is -2.40. The minimum atomic E-state index is 0.0104. The highest BCUT2D eigenvalue weighted by Gasteiger charge is 2.30. The molecule has 0 heterocycles. The second-order valence-electron chi connectivity index (χ2n) is 12.6. The molecule has 3 nitrogen and oxygen atoms in total. The molecule has 0 spiro atoms. The van der Waals surface area contributed by atoms with Crippen LogP contribution in [0.25, 0.3) is 0 Å². The Morgan fingerprint density at radius 1 is 0.417 bits per heavy atom. The van der Waals surface area contributed by atoms with Crippen molar-refractivity contribution in [2.24, 2.45) is 0 Å². The molecular weight excluding hydrogens is 583 g/mol. The summed E-state index contributed by atoms with van der Waals surface area (Å²) in [6.07, 6.45) is 5.64. The van der Waals surface area contributed by atoms with Crippen molar-refractivity contribution in [1.82, 2.24) is 0 Å². The Morgan fingerprint density at radius 3 is 1.35 bits per heavy atom. The van der Waals surface area contributed by atoms with Crippen molar-refractivity contribution in [3.05, 3.63) is 204 Å². The van der Waals surface area contributed by atoms with E-state index in [1.165, 1.54) is 28.1 Å². The summed E-state index contributed by atoms with van der Waals surface area (Å²) in [5.74, 6) is 0. The van der Waals surface area contributed by atoms with E-state index in [2.05, 4.69) is 211 Å². The van der Waals surface area contributed by atoms with Crippen LogP contribution < -0.4 is 14.7 Å². The average Bonchev–Trinajstić information content (AvgIpc) is 3.10. The van der Waals surface area contributed by atoms with Crippen LogP contribution in [0.2, 0.25) is 0 Å². The van der Waals surface area contributed by atoms with E-state index < -0.39 is 0 Å². The van der Waals surface area contributed by atoms with Gasteiger partial charge in [0.25, 0.3) is 0 Å². The highest BCUT2D eigenvalue weighted by atomic mass is 15.2. The third-order valence-electron chi connectivity index (χ3n) is 8.84. The molecule has 1 atom stereocenters. The molecule has 236 valence electrons. The molecule has 0 amide bonds. The fraction of sp³-hybridized carbons (Fsp3) is 0.111. The van der Waals surface area contributed by atoms with Gasteiger partial charge in [0.2, 0.25) is 0 Å². The maximum absolute atomic E-state index is 2.50. The Labute approximate surface area is 285 Å². The third-order valence-corrected chi connectivity index (χ3v) is 8.84. The van der Waals surface area contributed by atoms with Gasteiger partial charge in [-0.2, -0.15) is 0 Å². The molecule has 0 aromatic heterocycles. The predicted octanol–water partition coefficient (Wildman–Crippen LogP) is 12.0.